The molecular formula is C9H16O3. The van der Waals surface area contributed by atoms with Gasteiger partial charge in [-0.25, -0.2) is 4.79 Å². The van der Waals surface area contributed by atoms with Gasteiger partial charge in [-0.05, 0) is 18.8 Å². The van der Waals surface area contributed by atoms with Crippen LogP contribution in [0.2, 0.25) is 0 Å². The van der Waals surface area contributed by atoms with Crippen LogP contribution in [-0.2, 0) is 4.79 Å². The van der Waals surface area contributed by atoms with Crippen molar-refractivity contribution in [3.05, 3.63) is 0 Å². The fourth-order valence-corrected chi connectivity index (χ4v) is 1.61. The molecular weight excluding hydrogens is 156 g/mol. The summed E-state index contributed by atoms with van der Waals surface area (Å²) in [6.07, 6.45) is 1.67. The van der Waals surface area contributed by atoms with Crippen LogP contribution in [0.5, 0.6) is 0 Å². The highest BCUT2D eigenvalue weighted by Crippen LogP contribution is 2.48. The summed E-state index contributed by atoms with van der Waals surface area (Å²) in [5.74, 6) is -1.13. The summed E-state index contributed by atoms with van der Waals surface area (Å²) in [6.45, 7) is 5.29. The molecule has 0 aromatic rings. The van der Waals surface area contributed by atoms with E-state index in [4.69, 9.17) is 5.11 Å². The molecule has 12 heavy (non-hydrogen) atoms. The predicted molar refractivity (Wildman–Crippen MR) is 44.8 cm³/mol. The monoisotopic (exact) mass is 172 g/mol. The highest BCUT2D eigenvalue weighted by molar-refractivity contribution is 5.79. The van der Waals surface area contributed by atoms with E-state index < -0.39 is 17.0 Å². The quantitative estimate of drug-likeness (QED) is 0.659. The van der Waals surface area contributed by atoms with E-state index in [1.54, 1.807) is 20.8 Å². The third kappa shape index (κ3) is 1.22. The van der Waals surface area contributed by atoms with Gasteiger partial charge in [0.25, 0.3) is 0 Å². The zero-order chi connectivity index (χ0) is 9.57. The van der Waals surface area contributed by atoms with Crippen molar-refractivity contribution in [2.24, 2.45) is 11.3 Å². The molecule has 3 heteroatoms. The maximum absolute atomic E-state index is 10.9. The largest absolute Gasteiger partial charge is 0.479 e. The topological polar surface area (TPSA) is 57.5 Å². The Morgan fingerprint density at radius 1 is 1.33 bits per heavy atom. The number of rotatable bonds is 2. The van der Waals surface area contributed by atoms with Crippen molar-refractivity contribution in [1.82, 2.24) is 0 Å². The maximum Gasteiger partial charge on any atom is 0.336 e. The minimum absolute atomic E-state index is 0.0463. The summed E-state index contributed by atoms with van der Waals surface area (Å²) >= 11 is 0. The second-order valence-corrected chi connectivity index (χ2v) is 4.60. The standard InChI is InChI=1S/C9H16O3/c1-8(2,3)9(12,7(10)11)6-4-5-6/h6,12H,4-5H2,1-3H3,(H,10,11). The summed E-state index contributed by atoms with van der Waals surface area (Å²) < 4.78 is 0. The first-order chi connectivity index (χ1) is 5.30. The Kier molecular flexibility index (Phi) is 1.95. The molecule has 0 bridgehead atoms. The molecule has 1 fully saturated rings. The van der Waals surface area contributed by atoms with Crippen LogP contribution in [-0.4, -0.2) is 21.8 Å². The number of carboxylic acid groups (broad SMARTS) is 1. The minimum Gasteiger partial charge on any atom is -0.479 e. The third-order valence-electron chi connectivity index (χ3n) is 2.64. The molecule has 1 atom stereocenters. The molecule has 0 aromatic heterocycles. The summed E-state index contributed by atoms with van der Waals surface area (Å²) in [5, 5.41) is 18.9. The van der Waals surface area contributed by atoms with Gasteiger partial charge in [0.1, 0.15) is 0 Å². The summed E-state index contributed by atoms with van der Waals surface area (Å²) in [4.78, 5) is 10.9. The number of aliphatic hydroxyl groups is 1. The Morgan fingerprint density at radius 3 is 1.83 bits per heavy atom. The van der Waals surface area contributed by atoms with Gasteiger partial charge in [-0.2, -0.15) is 0 Å². The molecule has 0 spiro atoms. The number of aliphatic carboxylic acids is 1. The average Bonchev–Trinajstić information content (AvgIpc) is 2.63. The van der Waals surface area contributed by atoms with Gasteiger partial charge in [-0.15, -0.1) is 0 Å². The lowest BCUT2D eigenvalue weighted by Crippen LogP contribution is -2.51. The smallest absolute Gasteiger partial charge is 0.336 e. The van der Waals surface area contributed by atoms with Gasteiger partial charge in [0.05, 0.1) is 0 Å². The van der Waals surface area contributed by atoms with Gasteiger partial charge >= 0.3 is 5.97 Å². The van der Waals surface area contributed by atoms with Crippen LogP contribution in [0.25, 0.3) is 0 Å². The molecule has 1 unspecified atom stereocenters. The highest BCUT2D eigenvalue weighted by Gasteiger charge is 2.57. The average molecular weight is 172 g/mol. The van der Waals surface area contributed by atoms with Gasteiger partial charge in [-0.3, -0.25) is 0 Å². The Balaban J connectivity index is 2.93. The molecule has 0 aliphatic heterocycles. The van der Waals surface area contributed by atoms with Crippen LogP contribution in [0.1, 0.15) is 33.6 Å². The highest BCUT2D eigenvalue weighted by atomic mass is 16.4. The molecule has 2 N–H and O–H groups in total. The van der Waals surface area contributed by atoms with Crippen molar-refractivity contribution in [3.8, 4) is 0 Å². The van der Waals surface area contributed by atoms with E-state index in [1.165, 1.54) is 0 Å². The van der Waals surface area contributed by atoms with Gasteiger partial charge in [0.2, 0.25) is 0 Å². The first-order valence-electron chi connectivity index (χ1n) is 4.26. The zero-order valence-corrected chi connectivity index (χ0v) is 7.79. The Labute approximate surface area is 72.4 Å². The van der Waals surface area contributed by atoms with Crippen molar-refractivity contribution in [1.29, 1.82) is 0 Å². The van der Waals surface area contributed by atoms with Crippen molar-refractivity contribution >= 4 is 5.97 Å². The van der Waals surface area contributed by atoms with Crippen LogP contribution in [0.4, 0.5) is 0 Å². The minimum atomic E-state index is -1.53. The summed E-state index contributed by atoms with van der Waals surface area (Å²) in [5.41, 5.74) is -2.12. The van der Waals surface area contributed by atoms with E-state index in [2.05, 4.69) is 0 Å². The van der Waals surface area contributed by atoms with Crippen LogP contribution >= 0.6 is 0 Å². The molecule has 0 heterocycles. The van der Waals surface area contributed by atoms with E-state index in [9.17, 15) is 9.90 Å². The van der Waals surface area contributed by atoms with E-state index in [-0.39, 0.29) is 5.92 Å². The lowest BCUT2D eigenvalue weighted by Gasteiger charge is -2.36. The zero-order valence-electron chi connectivity index (χ0n) is 7.79. The summed E-state index contributed by atoms with van der Waals surface area (Å²) in [7, 11) is 0. The van der Waals surface area contributed by atoms with E-state index in [1.807, 2.05) is 0 Å². The number of carboxylic acids is 1. The Morgan fingerprint density at radius 2 is 1.75 bits per heavy atom. The molecule has 0 amide bonds. The maximum atomic E-state index is 10.9. The van der Waals surface area contributed by atoms with E-state index in [0.29, 0.717) is 0 Å². The lowest BCUT2D eigenvalue weighted by molar-refractivity contribution is -0.175. The van der Waals surface area contributed by atoms with Crippen LogP contribution in [0, 0.1) is 11.3 Å². The fourth-order valence-electron chi connectivity index (χ4n) is 1.61. The number of hydrogen-bond donors (Lipinski definition) is 2. The molecule has 1 aliphatic rings. The fraction of sp³-hybridized carbons (Fsp3) is 0.889. The van der Waals surface area contributed by atoms with Crippen LogP contribution in [0.15, 0.2) is 0 Å². The van der Waals surface area contributed by atoms with E-state index >= 15 is 0 Å². The molecule has 70 valence electrons. The SMILES string of the molecule is CC(C)(C)C(O)(C(=O)O)C1CC1. The van der Waals surface area contributed by atoms with Crippen molar-refractivity contribution < 1.29 is 15.0 Å². The third-order valence-corrected chi connectivity index (χ3v) is 2.64. The molecule has 1 aliphatic carbocycles. The van der Waals surface area contributed by atoms with Crippen molar-refractivity contribution in [2.45, 2.75) is 39.2 Å². The Bertz CT molecular complexity index is 200. The molecule has 0 radical (unpaired) electrons. The number of hydrogen-bond acceptors (Lipinski definition) is 2. The van der Waals surface area contributed by atoms with E-state index in [0.717, 1.165) is 12.8 Å². The second-order valence-electron chi connectivity index (χ2n) is 4.60. The first-order valence-corrected chi connectivity index (χ1v) is 4.26. The molecule has 3 nitrogen and oxygen atoms in total. The van der Waals surface area contributed by atoms with Gasteiger partial charge < -0.3 is 10.2 Å². The van der Waals surface area contributed by atoms with Gasteiger partial charge in [-0.1, -0.05) is 20.8 Å². The molecule has 0 aromatic carbocycles. The molecule has 1 rings (SSSR count). The number of carbonyl (C=O) groups is 1. The predicted octanol–water partition coefficient (Wildman–Crippen LogP) is 1.26. The lowest BCUT2D eigenvalue weighted by atomic mass is 9.73. The first kappa shape index (κ1) is 9.52. The van der Waals surface area contributed by atoms with Crippen LogP contribution in [0.3, 0.4) is 0 Å². The van der Waals surface area contributed by atoms with Crippen molar-refractivity contribution in [2.75, 3.05) is 0 Å². The van der Waals surface area contributed by atoms with Gasteiger partial charge in [0, 0.05) is 5.41 Å². The Hall–Kier alpha value is -0.570. The van der Waals surface area contributed by atoms with Crippen molar-refractivity contribution in [3.63, 3.8) is 0 Å². The second kappa shape index (κ2) is 2.46. The summed E-state index contributed by atoms with van der Waals surface area (Å²) in [6, 6.07) is 0. The van der Waals surface area contributed by atoms with Crippen LogP contribution < -0.4 is 0 Å². The normalized spacial score (nSPS) is 23.3. The molecule has 1 saturated carbocycles. The van der Waals surface area contributed by atoms with Gasteiger partial charge in [0.15, 0.2) is 5.60 Å². The molecule has 0 saturated heterocycles.